The van der Waals surface area contributed by atoms with E-state index in [9.17, 15) is 4.79 Å². The minimum Gasteiger partial charge on any atom is -0.325 e. The van der Waals surface area contributed by atoms with Crippen LogP contribution in [-0.2, 0) is 4.79 Å². The van der Waals surface area contributed by atoms with Crippen LogP contribution in [-0.4, -0.2) is 16.9 Å². The van der Waals surface area contributed by atoms with Gasteiger partial charge in [0.05, 0.1) is 6.04 Å². The predicted molar refractivity (Wildman–Crippen MR) is 60.3 cm³/mol. The quantitative estimate of drug-likeness (QED) is 0.770. The molecule has 0 spiro atoms. The molecular weight excluding hydrogens is 190 g/mol. The number of aromatic nitrogens is 1. The molecule has 4 nitrogen and oxygen atoms in total. The number of anilines is 1. The van der Waals surface area contributed by atoms with Gasteiger partial charge in [0, 0.05) is 18.1 Å². The molecule has 0 bridgehead atoms. The molecule has 1 rings (SSSR count). The fourth-order valence-corrected chi connectivity index (χ4v) is 1.05. The number of hydrogen-bond donors (Lipinski definition) is 2. The normalized spacial score (nSPS) is 13.3. The van der Waals surface area contributed by atoms with Crippen molar-refractivity contribution in [2.45, 2.75) is 26.8 Å². The summed E-state index contributed by atoms with van der Waals surface area (Å²) in [6.07, 6.45) is 3.25. The molecule has 1 amide bonds. The van der Waals surface area contributed by atoms with Crippen molar-refractivity contribution in [3.05, 3.63) is 24.5 Å². The lowest BCUT2D eigenvalue weighted by molar-refractivity contribution is -0.119. The third-order valence-electron chi connectivity index (χ3n) is 2.16. The van der Waals surface area contributed by atoms with Crippen molar-refractivity contribution in [3.63, 3.8) is 0 Å². The van der Waals surface area contributed by atoms with Gasteiger partial charge in [0.25, 0.3) is 0 Å². The highest BCUT2D eigenvalue weighted by Crippen LogP contribution is 2.18. The molecule has 0 saturated carbocycles. The van der Waals surface area contributed by atoms with E-state index in [2.05, 4.69) is 10.3 Å². The number of hydrogen-bond acceptors (Lipinski definition) is 3. The Balaban J connectivity index is 2.65. The van der Waals surface area contributed by atoms with E-state index in [1.807, 2.05) is 20.8 Å². The molecular formula is C11H17N3O. The molecule has 3 N–H and O–H groups in total. The van der Waals surface area contributed by atoms with Crippen LogP contribution in [0.25, 0.3) is 0 Å². The summed E-state index contributed by atoms with van der Waals surface area (Å²) < 4.78 is 0. The fraction of sp³-hybridized carbons (Fsp3) is 0.455. The van der Waals surface area contributed by atoms with Gasteiger partial charge >= 0.3 is 0 Å². The first kappa shape index (κ1) is 11.7. The number of carbonyl (C=O) groups is 1. The third-order valence-corrected chi connectivity index (χ3v) is 2.16. The molecule has 1 aromatic heterocycles. The number of carbonyl (C=O) groups excluding carboxylic acids is 1. The molecule has 82 valence electrons. The van der Waals surface area contributed by atoms with Crippen LogP contribution in [0.5, 0.6) is 0 Å². The predicted octanol–water partition coefficient (Wildman–Crippen LogP) is 1.39. The Morgan fingerprint density at radius 3 is 2.40 bits per heavy atom. The van der Waals surface area contributed by atoms with E-state index < -0.39 is 6.04 Å². The minimum absolute atomic E-state index is 0.172. The third kappa shape index (κ3) is 3.32. The van der Waals surface area contributed by atoms with Gasteiger partial charge in [-0.3, -0.25) is 9.78 Å². The van der Waals surface area contributed by atoms with Crippen LogP contribution in [0.2, 0.25) is 0 Å². The second-order valence-corrected chi connectivity index (χ2v) is 4.57. The van der Waals surface area contributed by atoms with Gasteiger partial charge in [0.2, 0.25) is 5.91 Å². The Kier molecular flexibility index (Phi) is 3.42. The van der Waals surface area contributed by atoms with E-state index in [1.54, 1.807) is 24.5 Å². The Morgan fingerprint density at radius 2 is 1.93 bits per heavy atom. The van der Waals surface area contributed by atoms with E-state index in [1.165, 1.54) is 0 Å². The highest BCUT2D eigenvalue weighted by Gasteiger charge is 2.27. The fourth-order valence-electron chi connectivity index (χ4n) is 1.05. The summed E-state index contributed by atoms with van der Waals surface area (Å²) in [5.74, 6) is -0.172. The van der Waals surface area contributed by atoms with Crippen LogP contribution in [0.3, 0.4) is 0 Å². The Hall–Kier alpha value is -1.42. The monoisotopic (exact) mass is 207 g/mol. The maximum Gasteiger partial charge on any atom is 0.241 e. The van der Waals surface area contributed by atoms with Gasteiger partial charge in [-0.25, -0.2) is 0 Å². The van der Waals surface area contributed by atoms with Gasteiger partial charge in [-0.1, -0.05) is 20.8 Å². The molecule has 1 atom stereocenters. The van der Waals surface area contributed by atoms with Crippen LogP contribution >= 0.6 is 0 Å². The first-order valence-electron chi connectivity index (χ1n) is 4.88. The summed E-state index contributed by atoms with van der Waals surface area (Å²) in [5.41, 5.74) is 6.29. The van der Waals surface area contributed by atoms with E-state index >= 15 is 0 Å². The van der Waals surface area contributed by atoms with Crippen molar-refractivity contribution in [1.82, 2.24) is 4.98 Å². The van der Waals surface area contributed by atoms with Gasteiger partial charge < -0.3 is 11.1 Å². The van der Waals surface area contributed by atoms with Crippen molar-refractivity contribution in [2.75, 3.05) is 5.32 Å². The maximum atomic E-state index is 11.7. The molecule has 1 heterocycles. The SMILES string of the molecule is CC(C)(C)[C@@H](N)C(=O)Nc1ccncc1. The summed E-state index contributed by atoms with van der Waals surface area (Å²) in [5, 5.41) is 2.74. The first-order chi connectivity index (χ1) is 6.91. The average Bonchev–Trinajstić information content (AvgIpc) is 2.16. The average molecular weight is 207 g/mol. The maximum absolute atomic E-state index is 11.7. The van der Waals surface area contributed by atoms with Gasteiger partial charge in [-0.2, -0.15) is 0 Å². The van der Waals surface area contributed by atoms with Crippen LogP contribution in [0.15, 0.2) is 24.5 Å². The highest BCUT2D eigenvalue weighted by atomic mass is 16.2. The molecule has 0 aliphatic rings. The minimum atomic E-state index is -0.523. The van der Waals surface area contributed by atoms with Crippen molar-refractivity contribution in [1.29, 1.82) is 0 Å². The van der Waals surface area contributed by atoms with Crippen LogP contribution < -0.4 is 11.1 Å². The molecule has 4 heteroatoms. The topological polar surface area (TPSA) is 68.0 Å². The van der Waals surface area contributed by atoms with E-state index in [0.717, 1.165) is 5.69 Å². The van der Waals surface area contributed by atoms with Crippen LogP contribution in [0, 0.1) is 5.41 Å². The van der Waals surface area contributed by atoms with Gasteiger partial charge in [-0.15, -0.1) is 0 Å². The number of nitrogens with one attached hydrogen (secondary N) is 1. The first-order valence-corrected chi connectivity index (χ1v) is 4.88. The highest BCUT2D eigenvalue weighted by molar-refractivity contribution is 5.95. The lowest BCUT2D eigenvalue weighted by Gasteiger charge is -2.25. The van der Waals surface area contributed by atoms with E-state index in [-0.39, 0.29) is 11.3 Å². The molecule has 0 saturated heterocycles. The van der Waals surface area contributed by atoms with Crippen LogP contribution in [0.4, 0.5) is 5.69 Å². The number of rotatable bonds is 2. The Labute approximate surface area is 89.9 Å². The zero-order valence-corrected chi connectivity index (χ0v) is 9.32. The zero-order valence-electron chi connectivity index (χ0n) is 9.32. The van der Waals surface area contributed by atoms with Crippen LogP contribution in [0.1, 0.15) is 20.8 Å². The van der Waals surface area contributed by atoms with Gasteiger partial charge in [-0.05, 0) is 17.5 Å². The molecule has 0 fully saturated rings. The Bertz CT molecular complexity index is 329. The molecule has 0 aromatic carbocycles. The second kappa shape index (κ2) is 4.40. The zero-order chi connectivity index (χ0) is 11.5. The smallest absolute Gasteiger partial charge is 0.241 e. The van der Waals surface area contributed by atoms with Gasteiger partial charge in [0.15, 0.2) is 0 Å². The number of nitrogens with two attached hydrogens (primary N) is 1. The number of nitrogens with zero attached hydrogens (tertiary/aromatic N) is 1. The lowest BCUT2D eigenvalue weighted by Crippen LogP contribution is -2.45. The number of pyridine rings is 1. The van der Waals surface area contributed by atoms with Gasteiger partial charge in [0.1, 0.15) is 0 Å². The van der Waals surface area contributed by atoms with Crippen molar-refractivity contribution >= 4 is 11.6 Å². The van der Waals surface area contributed by atoms with Crippen molar-refractivity contribution in [3.8, 4) is 0 Å². The van der Waals surface area contributed by atoms with Crippen molar-refractivity contribution in [2.24, 2.45) is 11.1 Å². The standard InChI is InChI=1S/C11H17N3O/c1-11(2,3)9(12)10(15)14-8-4-6-13-7-5-8/h4-7,9H,12H2,1-3H3,(H,13,14,15)/t9-/m0/s1. The van der Waals surface area contributed by atoms with E-state index in [4.69, 9.17) is 5.73 Å². The summed E-state index contributed by atoms with van der Waals surface area (Å²) in [6.45, 7) is 5.80. The summed E-state index contributed by atoms with van der Waals surface area (Å²) in [6, 6.07) is 2.94. The molecule has 0 unspecified atom stereocenters. The molecule has 0 radical (unpaired) electrons. The summed E-state index contributed by atoms with van der Waals surface area (Å²) >= 11 is 0. The lowest BCUT2D eigenvalue weighted by atomic mass is 9.87. The van der Waals surface area contributed by atoms with Crippen molar-refractivity contribution < 1.29 is 4.79 Å². The molecule has 1 aromatic rings. The summed E-state index contributed by atoms with van der Waals surface area (Å²) in [4.78, 5) is 15.6. The molecule has 15 heavy (non-hydrogen) atoms. The largest absolute Gasteiger partial charge is 0.325 e. The molecule has 0 aliphatic heterocycles. The molecule has 0 aliphatic carbocycles. The second-order valence-electron chi connectivity index (χ2n) is 4.57. The summed E-state index contributed by atoms with van der Waals surface area (Å²) in [7, 11) is 0. The Morgan fingerprint density at radius 1 is 1.40 bits per heavy atom. The number of amides is 1. The van der Waals surface area contributed by atoms with E-state index in [0.29, 0.717) is 0 Å².